The average Bonchev–Trinajstić information content (AvgIpc) is 2.64. The molecule has 0 atom stereocenters. The molecule has 0 aromatic carbocycles. The van der Waals surface area contributed by atoms with Gasteiger partial charge in [0, 0.05) is 0 Å². The molecule has 0 saturated carbocycles. The first-order valence-electron chi connectivity index (χ1n) is 4.94. The molecule has 1 heterocycles. The minimum Gasteiger partial charge on any atom is -0.0688 e. The van der Waals surface area contributed by atoms with Gasteiger partial charge in [0.2, 0.25) is 0 Å². The summed E-state index contributed by atoms with van der Waals surface area (Å²) in [6.45, 7) is 0. The van der Waals surface area contributed by atoms with Crippen LogP contribution in [0.1, 0.15) is 34.6 Å². The molecule has 1 aromatic heterocycles. The third-order valence-corrected chi connectivity index (χ3v) is 4.64. The summed E-state index contributed by atoms with van der Waals surface area (Å²) in [5.74, 6) is 0. The Kier molecular flexibility index (Phi) is 1.52. The van der Waals surface area contributed by atoms with Crippen molar-refractivity contribution < 1.29 is 0 Å². The van der Waals surface area contributed by atoms with Gasteiger partial charge >= 0.3 is 0 Å². The largest absolute Gasteiger partial charge is 0.0688 e. The molecule has 62 valence electrons. The van der Waals surface area contributed by atoms with Crippen molar-refractivity contribution in [2.24, 2.45) is 0 Å². The van der Waals surface area contributed by atoms with Gasteiger partial charge in [-0.2, -0.15) is 0 Å². The van der Waals surface area contributed by atoms with E-state index in [0.29, 0.717) is 0 Å². The van der Waals surface area contributed by atoms with Crippen molar-refractivity contribution in [3.05, 3.63) is 27.8 Å². The highest BCUT2D eigenvalue weighted by Crippen LogP contribution is 2.37. The van der Waals surface area contributed by atoms with Crippen molar-refractivity contribution in [2.45, 2.75) is 38.5 Å². The van der Waals surface area contributed by atoms with E-state index in [-0.39, 0.29) is 0 Å². The molecule has 0 unspecified atom stereocenters. The number of hydrogen-bond donors (Lipinski definition) is 0. The second-order valence-corrected chi connectivity index (χ2v) is 5.21. The van der Waals surface area contributed by atoms with Crippen LogP contribution >= 0.6 is 8.19 Å². The lowest BCUT2D eigenvalue weighted by Crippen LogP contribution is -1.83. The van der Waals surface area contributed by atoms with Crippen LogP contribution in [0.2, 0.25) is 0 Å². The molecular weight excluding hydrogens is 163 g/mol. The Hall–Kier alpha value is -0.350. The summed E-state index contributed by atoms with van der Waals surface area (Å²) < 4.78 is 0. The normalized spacial score (nSPS) is 19.3. The van der Waals surface area contributed by atoms with Gasteiger partial charge < -0.3 is 0 Å². The summed E-state index contributed by atoms with van der Waals surface area (Å²) in [7, 11) is 1.60. The molecule has 1 aromatic rings. The van der Waals surface area contributed by atoms with Crippen molar-refractivity contribution in [2.75, 3.05) is 0 Å². The molecule has 0 nitrogen and oxygen atoms in total. The van der Waals surface area contributed by atoms with Gasteiger partial charge in [0.15, 0.2) is 0 Å². The molecule has 0 radical (unpaired) electrons. The van der Waals surface area contributed by atoms with E-state index in [1.165, 1.54) is 38.5 Å². The van der Waals surface area contributed by atoms with Gasteiger partial charge in [-0.1, -0.05) is 14.3 Å². The van der Waals surface area contributed by atoms with E-state index in [4.69, 9.17) is 0 Å². The number of hydrogen-bond acceptors (Lipinski definition) is 0. The van der Waals surface area contributed by atoms with Gasteiger partial charge in [0.25, 0.3) is 0 Å². The first-order valence-corrected chi connectivity index (χ1v) is 5.83. The molecule has 12 heavy (non-hydrogen) atoms. The second kappa shape index (κ2) is 2.57. The van der Waals surface area contributed by atoms with E-state index in [2.05, 4.69) is 6.07 Å². The zero-order valence-corrected chi connectivity index (χ0v) is 8.16. The van der Waals surface area contributed by atoms with Crippen LogP contribution in [0.25, 0.3) is 0 Å². The molecule has 0 aliphatic heterocycles. The predicted molar refractivity (Wildman–Crippen MR) is 53.0 cm³/mol. The maximum Gasteiger partial charge on any atom is -0.0171 e. The molecule has 0 fully saturated rings. The highest BCUT2D eigenvalue weighted by Gasteiger charge is 2.17. The van der Waals surface area contributed by atoms with Gasteiger partial charge in [-0.3, -0.25) is 0 Å². The summed E-state index contributed by atoms with van der Waals surface area (Å²) in [5, 5.41) is 3.49. The van der Waals surface area contributed by atoms with E-state index >= 15 is 0 Å². The smallest absolute Gasteiger partial charge is 0.0171 e. The zero-order valence-electron chi connectivity index (χ0n) is 7.27. The maximum absolute atomic E-state index is 2.50. The van der Waals surface area contributed by atoms with Crippen LogP contribution in [0.4, 0.5) is 0 Å². The Balaban J connectivity index is 2.18. The second-order valence-electron chi connectivity index (χ2n) is 3.91. The minimum atomic E-state index is 1.36. The average molecular weight is 176 g/mol. The molecule has 0 bridgehead atoms. The third-order valence-electron chi connectivity index (χ3n) is 3.08. The van der Waals surface area contributed by atoms with Crippen LogP contribution in [-0.2, 0) is 25.7 Å². The first-order chi connectivity index (χ1) is 5.93. The van der Waals surface area contributed by atoms with E-state index < -0.39 is 0 Å². The number of fused-ring (bicyclic) bond motifs is 2. The van der Waals surface area contributed by atoms with Crippen LogP contribution in [0.5, 0.6) is 0 Å². The predicted octanol–water partition coefficient (Wildman–Crippen LogP) is 3.24. The van der Waals surface area contributed by atoms with Gasteiger partial charge in [-0.05, 0) is 60.2 Å². The Labute approximate surface area is 75.1 Å². The Morgan fingerprint density at radius 1 is 0.833 bits per heavy atom. The molecule has 3 rings (SSSR count). The summed E-state index contributed by atoms with van der Waals surface area (Å²) in [5.41, 5.74) is 3.38. The van der Waals surface area contributed by atoms with E-state index in [1.54, 1.807) is 29.9 Å². The van der Waals surface area contributed by atoms with Crippen molar-refractivity contribution in [1.29, 1.82) is 0 Å². The van der Waals surface area contributed by atoms with Crippen LogP contribution in [0, 0.1) is 0 Å². The molecule has 0 spiro atoms. The van der Waals surface area contributed by atoms with Gasteiger partial charge in [-0.25, -0.2) is 0 Å². The van der Waals surface area contributed by atoms with E-state index in [1.807, 2.05) is 0 Å². The fourth-order valence-electron chi connectivity index (χ4n) is 2.44. The fraction of sp³-hybridized carbons (Fsp3) is 0.545. The Bertz CT molecular complexity index is 268. The fourth-order valence-corrected chi connectivity index (χ4v) is 3.95. The van der Waals surface area contributed by atoms with Crippen molar-refractivity contribution >= 4 is 8.19 Å². The molecule has 0 amide bonds. The lowest BCUT2D eigenvalue weighted by Gasteiger charge is -2.02. The Morgan fingerprint density at radius 2 is 1.42 bits per heavy atom. The van der Waals surface area contributed by atoms with E-state index in [0.717, 1.165) is 0 Å². The monoisotopic (exact) mass is 176 g/mol. The van der Waals surface area contributed by atoms with Crippen LogP contribution in [-0.4, -0.2) is 0 Å². The number of rotatable bonds is 0. The quantitative estimate of drug-likeness (QED) is 0.569. The topological polar surface area (TPSA) is 0 Å². The first kappa shape index (κ1) is 7.09. The van der Waals surface area contributed by atoms with Gasteiger partial charge in [0.05, 0.1) is 0 Å². The molecule has 0 saturated heterocycles. The molecule has 1 heteroatoms. The van der Waals surface area contributed by atoms with Crippen LogP contribution < -0.4 is 0 Å². The third kappa shape index (κ3) is 0.944. The zero-order chi connectivity index (χ0) is 7.97. The minimum absolute atomic E-state index is 1.36. The molecule has 0 N–H and O–H groups in total. The summed E-state index contributed by atoms with van der Waals surface area (Å²) in [4.78, 5) is 0. The highest BCUT2D eigenvalue weighted by molar-refractivity contribution is 7.32. The summed E-state index contributed by atoms with van der Waals surface area (Å²) in [6.07, 6.45) is 8.30. The molecule has 2 aliphatic rings. The van der Waals surface area contributed by atoms with Gasteiger partial charge in [0.1, 0.15) is 0 Å². The standard InChI is InChI=1S/C11H13P/c1-3-8-7-9-4-2-6-11(9)12-10(8)5-1/h7H,1-6H2. The van der Waals surface area contributed by atoms with Crippen molar-refractivity contribution in [3.8, 4) is 0 Å². The van der Waals surface area contributed by atoms with Crippen molar-refractivity contribution in [1.82, 2.24) is 0 Å². The Morgan fingerprint density at radius 3 is 2.00 bits per heavy atom. The SMILES string of the molecule is c1c2c(pc3c1CCC3)CCC2. The van der Waals surface area contributed by atoms with Crippen LogP contribution in [0.3, 0.4) is 0 Å². The van der Waals surface area contributed by atoms with Gasteiger partial charge in [-0.15, -0.1) is 0 Å². The lowest BCUT2D eigenvalue weighted by molar-refractivity contribution is 0.905. The highest BCUT2D eigenvalue weighted by atomic mass is 31.0. The summed E-state index contributed by atoms with van der Waals surface area (Å²) >= 11 is 0. The van der Waals surface area contributed by atoms with Crippen molar-refractivity contribution in [3.63, 3.8) is 0 Å². The van der Waals surface area contributed by atoms with E-state index in [9.17, 15) is 0 Å². The lowest BCUT2D eigenvalue weighted by atomic mass is 10.2. The maximum atomic E-state index is 2.50. The van der Waals surface area contributed by atoms with Crippen LogP contribution in [0.15, 0.2) is 6.07 Å². The summed E-state index contributed by atoms with van der Waals surface area (Å²) in [6, 6.07) is 2.50. The number of aryl methyl sites for hydroxylation is 4. The molecule has 2 aliphatic carbocycles. The molecular formula is C11H13P.